The van der Waals surface area contributed by atoms with Gasteiger partial charge < -0.3 is 10.1 Å². The zero-order valence-electron chi connectivity index (χ0n) is 10.7. The molecule has 4 heteroatoms. The molecule has 0 bridgehead atoms. The van der Waals surface area contributed by atoms with E-state index in [1.54, 1.807) is 7.11 Å². The number of aromatic nitrogens is 2. The van der Waals surface area contributed by atoms with Crippen LogP contribution in [0.25, 0.3) is 0 Å². The summed E-state index contributed by atoms with van der Waals surface area (Å²) >= 11 is 0. The number of ether oxygens (including phenoxy) is 1. The normalized spacial score (nSPS) is 11.5. The Balaban J connectivity index is 2.75. The first kappa shape index (κ1) is 13.5. The van der Waals surface area contributed by atoms with Crippen molar-refractivity contribution in [1.29, 1.82) is 0 Å². The molecule has 1 N–H and O–H groups in total. The smallest absolute Gasteiger partial charge is 0.216 e. The molecule has 1 aromatic rings. The molecule has 0 saturated carbocycles. The van der Waals surface area contributed by atoms with Crippen LogP contribution in [0.3, 0.4) is 0 Å². The molecule has 1 rings (SSSR count). The van der Waals surface area contributed by atoms with Crippen LogP contribution in [-0.4, -0.2) is 23.6 Å². The highest BCUT2D eigenvalue weighted by Crippen LogP contribution is 2.18. The van der Waals surface area contributed by atoms with E-state index >= 15 is 0 Å². The summed E-state index contributed by atoms with van der Waals surface area (Å²) < 4.78 is 5.10. The van der Waals surface area contributed by atoms with Crippen LogP contribution in [0.15, 0.2) is 12.4 Å². The lowest BCUT2D eigenvalue weighted by atomic mass is 10.1. The minimum Gasteiger partial charge on any atom is -0.481 e. The average molecular weight is 233 g/mol. The lowest BCUT2D eigenvalue weighted by Crippen LogP contribution is -2.21. The summed E-state index contributed by atoms with van der Waals surface area (Å²) in [6.45, 7) is 4.84. The van der Waals surface area contributed by atoms with E-state index in [0.29, 0.717) is 5.88 Å². The summed E-state index contributed by atoms with van der Waals surface area (Å²) in [5.41, 5.74) is 0.955. The standard InChI is InChI=1S/C13H19N3O/c1-4-6-7-8-11(14-5-2)12-9-13(17-3)16-10-15-12/h9-11,14H,5,7-8H2,1-3H3. The van der Waals surface area contributed by atoms with Gasteiger partial charge in [0.25, 0.3) is 0 Å². The number of hydrogen-bond acceptors (Lipinski definition) is 4. The monoisotopic (exact) mass is 233 g/mol. The highest BCUT2D eigenvalue weighted by molar-refractivity contribution is 5.16. The third kappa shape index (κ3) is 4.41. The quantitative estimate of drug-likeness (QED) is 0.763. The van der Waals surface area contributed by atoms with E-state index in [-0.39, 0.29) is 6.04 Å². The number of nitrogens with one attached hydrogen (secondary N) is 1. The van der Waals surface area contributed by atoms with Gasteiger partial charge in [-0.05, 0) is 19.9 Å². The van der Waals surface area contributed by atoms with Crippen molar-refractivity contribution in [2.24, 2.45) is 0 Å². The predicted molar refractivity (Wildman–Crippen MR) is 67.7 cm³/mol. The Kier molecular flexibility index (Phi) is 6.05. The summed E-state index contributed by atoms with van der Waals surface area (Å²) in [7, 11) is 1.61. The fourth-order valence-electron chi connectivity index (χ4n) is 1.60. The second-order valence-corrected chi connectivity index (χ2v) is 3.56. The van der Waals surface area contributed by atoms with Gasteiger partial charge in [-0.2, -0.15) is 0 Å². The molecular formula is C13H19N3O. The fourth-order valence-corrected chi connectivity index (χ4v) is 1.60. The minimum atomic E-state index is 0.206. The van der Waals surface area contributed by atoms with Gasteiger partial charge in [0.2, 0.25) is 5.88 Å². The van der Waals surface area contributed by atoms with E-state index < -0.39 is 0 Å². The molecule has 0 aliphatic carbocycles. The van der Waals surface area contributed by atoms with Gasteiger partial charge in [0.15, 0.2) is 0 Å². The molecule has 0 radical (unpaired) electrons. The van der Waals surface area contributed by atoms with E-state index in [0.717, 1.165) is 25.1 Å². The topological polar surface area (TPSA) is 47.0 Å². The van der Waals surface area contributed by atoms with Crippen molar-refractivity contribution in [3.63, 3.8) is 0 Å². The van der Waals surface area contributed by atoms with Gasteiger partial charge in [-0.3, -0.25) is 0 Å². The first-order valence-electron chi connectivity index (χ1n) is 5.80. The highest BCUT2D eigenvalue weighted by atomic mass is 16.5. The Morgan fingerprint density at radius 2 is 2.29 bits per heavy atom. The van der Waals surface area contributed by atoms with Crippen molar-refractivity contribution in [2.45, 2.75) is 32.7 Å². The number of methoxy groups -OCH3 is 1. The maximum Gasteiger partial charge on any atom is 0.216 e. The zero-order valence-corrected chi connectivity index (χ0v) is 10.7. The van der Waals surface area contributed by atoms with Crippen LogP contribution in [0.1, 0.15) is 38.4 Å². The summed E-state index contributed by atoms with van der Waals surface area (Å²) in [6.07, 6.45) is 3.33. The molecule has 1 heterocycles. The highest BCUT2D eigenvalue weighted by Gasteiger charge is 2.12. The lowest BCUT2D eigenvalue weighted by molar-refractivity contribution is 0.393. The molecule has 17 heavy (non-hydrogen) atoms. The molecule has 0 saturated heterocycles. The molecular weight excluding hydrogens is 214 g/mol. The molecule has 0 aliphatic rings. The van der Waals surface area contributed by atoms with Crippen molar-refractivity contribution in [2.75, 3.05) is 13.7 Å². The first-order chi connectivity index (χ1) is 8.31. The van der Waals surface area contributed by atoms with Crippen LogP contribution in [0, 0.1) is 11.8 Å². The number of hydrogen-bond donors (Lipinski definition) is 1. The third-order valence-electron chi connectivity index (χ3n) is 2.41. The van der Waals surface area contributed by atoms with E-state index in [4.69, 9.17) is 4.74 Å². The molecule has 1 aromatic heterocycles. The molecule has 4 nitrogen and oxygen atoms in total. The minimum absolute atomic E-state index is 0.206. The van der Waals surface area contributed by atoms with Crippen molar-refractivity contribution in [1.82, 2.24) is 15.3 Å². The fraction of sp³-hybridized carbons (Fsp3) is 0.538. The second kappa shape index (κ2) is 7.64. The predicted octanol–water partition coefficient (Wildman–Crippen LogP) is 1.94. The third-order valence-corrected chi connectivity index (χ3v) is 2.41. The van der Waals surface area contributed by atoms with Crippen molar-refractivity contribution >= 4 is 0 Å². The van der Waals surface area contributed by atoms with Crippen LogP contribution >= 0.6 is 0 Å². The van der Waals surface area contributed by atoms with Crippen LogP contribution in [0.2, 0.25) is 0 Å². The lowest BCUT2D eigenvalue weighted by Gasteiger charge is -2.16. The van der Waals surface area contributed by atoms with Crippen LogP contribution < -0.4 is 10.1 Å². The van der Waals surface area contributed by atoms with Crippen molar-refractivity contribution in [3.05, 3.63) is 18.1 Å². The summed E-state index contributed by atoms with van der Waals surface area (Å²) in [5, 5.41) is 3.40. The molecule has 0 fully saturated rings. The van der Waals surface area contributed by atoms with Gasteiger partial charge in [-0.1, -0.05) is 6.92 Å². The maximum absolute atomic E-state index is 5.10. The van der Waals surface area contributed by atoms with E-state index in [2.05, 4.69) is 34.0 Å². The van der Waals surface area contributed by atoms with E-state index in [9.17, 15) is 0 Å². The Morgan fingerprint density at radius 1 is 1.47 bits per heavy atom. The van der Waals surface area contributed by atoms with Crippen molar-refractivity contribution in [3.8, 4) is 17.7 Å². The van der Waals surface area contributed by atoms with Gasteiger partial charge in [0, 0.05) is 12.5 Å². The van der Waals surface area contributed by atoms with Gasteiger partial charge in [0.1, 0.15) is 6.33 Å². The largest absolute Gasteiger partial charge is 0.481 e. The van der Waals surface area contributed by atoms with Gasteiger partial charge in [-0.15, -0.1) is 11.8 Å². The summed E-state index contributed by atoms with van der Waals surface area (Å²) in [5.74, 6) is 6.57. The zero-order chi connectivity index (χ0) is 12.5. The SMILES string of the molecule is CC#CCCC(NCC)c1cc(OC)ncn1. The maximum atomic E-state index is 5.10. The van der Waals surface area contributed by atoms with Gasteiger partial charge in [0.05, 0.1) is 18.8 Å². The Hall–Kier alpha value is -1.60. The molecule has 0 spiro atoms. The molecule has 0 amide bonds. The number of rotatable bonds is 6. The molecule has 0 aliphatic heterocycles. The second-order valence-electron chi connectivity index (χ2n) is 3.56. The Bertz CT molecular complexity index is 395. The first-order valence-corrected chi connectivity index (χ1v) is 5.80. The van der Waals surface area contributed by atoms with Gasteiger partial charge >= 0.3 is 0 Å². The molecule has 0 aromatic carbocycles. The van der Waals surface area contributed by atoms with Crippen LogP contribution in [-0.2, 0) is 0 Å². The van der Waals surface area contributed by atoms with Crippen LogP contribution in [0.4, 0.5) is 0 Å². The summed E-state index contributed by atoms with van der Waals surface area (Å²) in [4.78, 5) is 8.29. The van der Waals surface area contributed by atoms with Gasteiger partial charge in [-0.25, -0.2) is 9.97 Å². The van der Waals surface area contributed by atoms with E-state index in [1.165, 1.54) is 6.33 Å². The van der Waals surface area contributed by atoms with E-state index in [1.807, 2.05) is 13.0 Å². The van der Waals surface area contributed by atoms with Crippen LogP contribution in [0.5, 0.6) is 5.88 Å². The Labute approximate surface area is 103 Å². The Morgan fingerprint density at radius 3 is 2.94 bits per heavy atom. The average Bonchev–Trinajstić information content (AvgIpc) is 2.38. The molecule has 1 unspecified atom stereocenters. The van der Waals surface area contributed by atoms with Crippen molar-refractivity contribution < 1.29 is 4.74 Å². The molecule has 92 valence electrons. The molecule has 1 atom stereocenters. The summed E-state index contributed by atoms with van der Waals surface area (Å²) in [6, 6.07) is 2.07. The number of nitrogens with zero attached hydrogens (tertiary/aromatic N) is 2.